The van der Waals surface area contributed by atoms with E-state index in [1.807, 2.05) is 5.38 Å². The second-order valence-corrected chi connectivity index (χ2v) is 5.21. The minimum Gasteiger partial charge on any atom is -0.477 e. The molecule has 0 aliphatic heterocycles. The normalized spacial score (nSPS) is 16.0. The van der Waals surface area contributed by atoms with Gasteiger partial charge in [0.15, 0.2) is 0 Å². The van der Waals surface area contributed by atoms with Gasteiger partial charge in [-0.05, 0) is 24.8 Å². The first-order chi connectivity index (χ1) is 6.25. The van der Waals surface area contributed by atoms with Crippen LogP contribution in [0.1, 0.15) is 22.5 Å². The van der Waals surface area contributed by atoms with Gasteiger partial charge >= 0.3 is 5.97 Å². The van der Waals surface area contributed by atoms with E-state index in [9.17, 15) is 4.79 Å². The number of rotatable bonds is 4. The zero-order chi connectivity index (χ0) is 9.26. The van der Waals surface area contributed by atoms with Crippen LogP contribution in [0.2, 0.25) is 0 Å². The summed E-state index contributed by atoms with van der Waals surface area (Å²) in [7, 11) is 0. The number of carboxylic acid groups (broad SMARTS) is 1. The molecule has 0 unspecified atom stereocenters. The average molecular weight is 214 g/mol. The first-order valence-corrected chi connectivity index (χ1v) is 6.07. The molecular formula is C9H10O2S2. The monoisotopic (exact) mass is 214 g/mol. The first-order valence-electron chi connectivity index (χ1n) is 4.20. The van der Waals surface area contributed by atoms with E-state index >= 15 is 0 Å². The number of carbonyl (C=O) groups is 1. The molecule has 2 rings (SSSR count). The van der Waals surface area contributed by atoms with E-state index in [1.54, 1.807) is 17.8 Å². The van der Waals surface area contributed by atoms with E-state index in [1.165, 1.54) is 24.2 Å². The van der Waals surface area contributed by atoms with E-state index in [4.69, 9.17) is 5.11 Å². The second kappa shape index (κ2) is 3.72. The zero-order valence-corrected chi connectivity index (χ0v) is 8.66. The highest BCUT2D eigenvalue weighted by atomic mass is 32.2. The average Bonchev–Trinajstić information content (AvgIpc) is 2.79. The minimum atomic E-state index is -0.816. The number of aromatic carboxylic acids is 1. The van der Waals surface area contributed by atoms with Crippen molar-refractivity contribution in [2.24, 2.45) is 5.92 Å². The Morgan fingerprint density at radius 1 is 1.69 bits per heavy atom. The molecule has 1 N–H and O–H groups in total. The molecule has 0 radical (unpaired) electrons. The Morgan fingerprint density at radius 3 is 3.00 bits per heavy atom. The van der Waals surface area contributed by atoms with Crippen LogP contribution < -0.4 is 0 Å². The lowest BCUT2D eigenvalue weighted by Crippen LogP contribution is -1.89. The third-order valence-corrected chi connectivity index (χ3v) is 4.24. The molecule has 1 aromatic rings. The lowest BCUT2D eigenvalue weighted by molar-refractivity contribution is 0.0702. The summed E-state index contributed by atoms with van der Waals surface area (Å²) in [6.45, 7) is 0. The first kappa shape index (κ1) is 9.09. The third-order valence-electron chi connectivity index (χ3n) is 1.97. The molecule has 1 aromatic heterocycles. The van der Waals surface area contributed by atoms with Gasteiger partial charge in [-0.15, -0.1) is 23.1 Å². The summed E-state index contributed by atoms with van der Waals surface area (Å²) in [5.74, 6) is 1.22. The molecule has 1 saturated carbocycles. The predicted octanol–water partition coefficient (Wildman–Crippen LogP) is 2.95. The number of thioether (sulfide) groups is 1. The summed E-state index contributed by atoms with van der Waals surface area (Å²) < 4.78 is 0. The van der Waals surface area contributed by atoms with Crippen LogP contribution in [0, 0.1) is 5.92 Å². The van der Waals surface area contributed by atoms with Gasteiger partial charge in [0.05, 0.1) is 0 Å². The van der Waals surface area contributed by atoms with Gasteiger partial charge in [0.1, 0.15) is 4.88 Å². The van der Waals surface area contributed by atoms with Crippen molar-refractivity contribution in [1.29, 1.82) is 0 Å². The fourth-order valence-corrected chi connectivity index (χ4v) is 3.07. The molecule has 0 aromatic carbocycles. The van der Waals surface area contributed by atoms with Crippen molar-refractivity contribution in [2.75, 3.05) is 5.75 Å². The largest absolute Gasteiger partial charge is 0.477 e. The number of hydrogen-bond donors (Lipinski definition) is 1. The Kier molecular flexibility index (Phi) is 2.60. The van der Waals surface area contributed by atoms with Crippen molar-refractivity contribution < 1.29 is 9.90 Å². The van der Waals surface area contributed by atoms with E-state index in [2.05, 4.69) is 0 Å². The molecule has 70 valence electrons. The van der Waals surface area contributed by atoms with Crippen molar-refractivity contribution in [1.82, 2.24) is 0 Å². The van der Waals surface area contributed by atoms with E-state index in [0.29, 0.717) is 4.88 Å². The number of thiophene rings is 1. The van der Waals surface area contributed by atoms with Crippen LogP contribution in [-0.4, -0.2) is 16.8 Å². The van der Waals surface area contributed by atoms with Gasteiger partial charge in [-0.25, -0.2) is 4.79 Å². The van der Waals surface area contributed by atoms with Crippen LogP contribution in [0.5, 0.6) is 0 Å². The molecule has 1 heterocycles. The molecular weight excluding hydrogens is 204 g/mol. The Balaban J connectivity index is 1.92. The summed E-state index contributed by atoms with van der Waals surface area (Å²) >= 11 is 3.09. The van der Waals surface area contributed by atoms with Gasteiger partial charge in [-0.2, -0.15) is 0 Å². The van der Waals surface area contributed by atoms with Gasteiger partial charge < -0.3 is 5.11 Å². The predicted molar refractivity (Wildman–Crippen MR) is 54.7 cm³/mol. The highest BCUT2D eigenvalue weighted by Crippen LogP contribution is 2.36. The Hall–Kier alpha value is -0.480. The maximum absolute atomic E-state index is 10.6. The molecule has 1 fully saturated rings. The van der Waals surface area contributed by atoms with Crippen molar-refractivity contribution in [3.8, 4) is 0 Å². The maximum atomic E-state index is 10.6. The van der Waals surface area contributed by atoms with Gasteiger partial charge in [0.2, 0.25) is 0 Å². The summed E-state index contributed by atoms with van der Waals surface area (Å²) in [4.78, 5) is 12.1. The number of hydrogen-bond acceptors (Lipinski definition) is 3. The molecule has 0 saturated heterocycles. The van der Waals surface area contributed by atoms with Crippen LogP contribution in [0.25, 0.3) is 0 Å². The van der Waals surface area contributed by atoms with Crippen molar-refractivity contribution in [3.63, 3.8) is 0 Å². The van der Waals surface area contributed by atoms with Crippen LogP contribution in [0.3, 0.4) is 0 Å². The molecule has 1 aliphatic rings. The van der Waals surface area contributed by atoms with Crippen molar-refractivity contribution in [3.05, 3.63) is 16.3 Å². The van der Waals surface area contributed by atoms with Gasteiger partial charge in [-0.3, -0.25) is 0 Å². The van der Waals surface area contributed by atoms with Gasteiger partial charge in [-0.1, -0.05) is 0 Å². The molecule has 4 heteroatoms. The highest BCUT2D eigenvalue weighted by molar-refractivity contribution is 7.99. The molecule has 1 aliphatic carbocycles. The maximum Gasteiger partial charge on any atom is 0.345 e. The van der Waals surface area contributed by atoms with Crippen LogP contribution in [0.15, 0.2) is 16.3 Å². The van der Waals surface area contributed by atoms with Gasteiger partial charge in [0.25, 0.3) is 0 Å². The van der Waals surface area contributed by atoms with Gasteiger partial charge in [0, 0.05) is 16.0 Å². The Bertz CT molecular complexity index is 315. The SMILES string of the molecule is O=C(O)c1cc(SCC2CC2)cs1. The lowest BCUT2D eigenvalue weighted by Gasteiger charge is -1.93. The van der Waals surface area contributed by atoms with E-state index in [0.717, 1.165) is 16.6 Å². The summed E-state index contributed by atoms with van der Waals surface area (Å²) in [5.41, 5.74) is 0. The van der Waals surface area contributed by atoms with Crippen molar-refractivity contribution in [2.45, 2.75) is 17.7 Å². The standard InChI is InChI=1S/C9H10O2S2/c10-9(11)8-3-7(5-13-8)12-4-6-1-2-6/h3,5-6H,1-2,4H2,(H,10,11). The molecule has 13 heavy (non-hydrogen) atoms. The smallest absolute Gasteiger partial charge is 0.345 e. The topological polar surface area (TPSA) is 37.3 Å². The highest BCUT2D eigenvalue weighted by Gasteiger charge is 2.21. The molecule has 0 atom stereocenters. The second-order valence-electron chi connectivity index (χ2n) is 3.21. The molecule has 0 bridgehead atoms. The Morgan fingerprint density at radius 2 is 2.46 bits per heavy atom. The summed E-state index contributed by atoms with van der Waals surface area (Å²) in [6.07, 6.45) is 2.70. The Labute approximate surface area is 85.0 Å². The summed E-state index contributed by atoms with van der Waals surface area (Å²) in [5, 5.41) is 10.6. The zero-order valence-electron chi connectivity index (χ0n) is 7.03. The van der Waals surface area contributed by atoms with E-state index in [-0.39, 0.29) is 0 Å². The fraction of sp³-hybridized carbons (Fsp3) is 0.444. The fourth-order valence-electron chi connectivity index (χ4n) is 1.01. The molecule has 0 amide bonds. The van der Waals surface area contributed by atoms with Crippen LogP contribution in [-0.2, 0) is 0 Å². The van der Waals surface area contributed by atoms with E-state index < -0.39 is 5.97 Å². The third kappa shape index (κ3) is 2.48. The van der Waals surface area contributed by atoms with Crippen LogP contribution in [0.4, 0.5) is 0 Å². The number of carboxylic acids is 1. The quantitative estimate of drug-likeness (QED) is 0.783. The van der Waals surface area contributed by atoms with Crippen molar-refractivity contribution >= 4 is 29.1 Å². The van der Waals surface area contributed by atoms with Crippen LogP contribution >= 0.6 is 23.1 Å². The lowest BCUT2D eigenvalue weighted by atomic mass is 10.5. The molecule has 0 spiro atoms. The summed E-state index contributed by atoms with van der Waals surface area (Å²) in [6, 6.07) is 1.76. The molecule has 2 nitrogen and oxygen atoms in total. The minimum absolute atomic E-state index is 0.443.